The Kier molecular flexibility index (Phi) is 2.55. The molecule has 0 aliphatic rings. The van der Waals surface area contributed by atoms with Crippen LogP contribution in [0, 0.1) is 0 Å². The Morgan fingerprint density at radius 1 is 1.50 bits per heavy atom. The van der Waals surface area contributed by atoms with E-state index in [0.29, 0.717) is 5.82 Å². The molecule has 0 bridgehead atoms. The van der Waals surface area contributed by atoms with Crippen LogP contribution in [-0.2, 0) is 10.3 Å². The van der Waals surface area contributed by atoms with Crippen molar-refractivity contribution in [1.82, 2.24) is 20.2 Å². The van der Waals surface area contributed by atoms with Gasteiger partial charge in [0.2, 0.25) is 0 Å². The van der Waals surface area contributed by atoms with Gasteiger partial charge >= 0.3 is 5.97 Å². The Labute approximate surface area is 81.9 Å². The highest BCUT2D eigenvalue weighted by Gasteiger charge is 2.33. The molecular formula is C8H14N4O2. The summed E-state index contributed by atoms with van der Waals surface area (Å²) in [5.41, 5.74) is -1.11. The number of tetrazole rings is 1. The molecule has 0 spiro atoms. The second-order valence-corrected chi connectivity index (χ2v) is 3.97. The van der Waals surface area contributed by atoms with E-state index in [0.717, 1.165) is 0 Å². The maximum absolute atomic E-state index is 11.0. The van der Waals surface area contributed by atoms with Crippen LogP contribution in [0.5, 0.6) is 0 Å². The summed E-state index contributed by atoms with van der Waals surface area (Å²) < 4.78 is 1.35. The number of hydrogen-bond acceptors (Lipinski definition) is 4. The number of carboxylic acids is 1. The van der Waals surface area contributed by atoms with Crippen LogP contribution in [0.3, 0.4) is 0 Å². The van der Waals surface area contributed by atoms with Gasteiger partial charge in [0.15, 0.2) is 11.4 Å². The second kappa shape index (κ2) is 3.36. The lowest BCUT2D eigenvalue weighted by Crippen LogP contribution is -2.38. The fourth-order valence-corrected chi connectivity index (χ4v) is 1.04. The van der Waals surface area contributed by atoms with Crippen LogP contribution in [-0.4, -0.2) is 31.3 Å². The number of carbonyl (C=O) groups is 1. The van der Waals surface area contributed by atoms with Crippen molar-refractivity contribution >= 4 is 5.97 Å². The molecule has 1 aromatic heterocycles. The lowest BCUT2D eigenvalue weighted by Gasteiger charge is -2.21. The fraction of sp³-hybridized carbons (Fsp3) is 0.750. The molecule has 0 amide bonds. The summed E-state index contributed by atoms with van der Waals surface area (Å²) in [5.74, 6) is -0.271. The molecule has 0 aliphatic heterocycles. The number of rotatable bonds is 3. The van der Waals surface area contributed by atoms with Crippen molar-refractivity contribution in [3.8, 4) is 0 Å². The van der Waals surface area contributed by atoms with Gasteiger partial charge in [0, 0.05) is 5.92 Å². The van der Waals surface area contributed by atoms with E-state index < -0.39 is 11.5 Å². The molecule has 1 heterocycles. The van der Waals surface area contributed by atoms with E-state index in [-0.39, 0.29) is 5.92 Å². The van der Waals surface area contributed by atoms with Gasteiger partial charge in [-0.2, -0.15) is 0 Å². The van der Waals surface area contributed by atoms with Gasteiger partial charge in [-0.05, 0) is 24.3 Å². The lowest BCUT2D eigenvalue weighted by molar-refractivity contribution is -0.146. The van der Waals surface area contributed by atoms with E-state index in [2.05, 4.69) is 15.5 Å². The molecule has 0 atom stereocenters. The minimum Gasteiger partial charge on any atom is -0.479 e. The van der Waals surface area contributed by atoms with Crippen molar-refractivity contribution in [1.29, 1.82) is 0 Å². The monoisotopic (exact) mass is 198 g/mol. The van der Waals surface area contributed by atoms with Gasteiger partial charge in [-0.3, -0.25) is 0 Å². The molecule has 78 valence electrons. The van der Waals surface area contributed by atoms with Gasteiger partial charge in [0.05, 0.1) is 0 Å². The molecule has 0 unspecified atom stereocenters. The van der Waals surface area contributed by atoms with Gasteiger partial charge < -0.3 is 5.11 Å². The van der Waals surface area contributed by atoms with E-state index in [4.69, 9.17) is 5.11 Å². The number of aromatic nitrogens is 4. The quantitative estimate of drug-likeness (QED) is 0.769. The second-order valence-electron chi connectivity index (χ2n) is 3.97. The normalized spacial score (nSPS) is 12.1. The highest BCUT2D eigenvalue weighted by Crippen LogP contribution is 2.19. The highest BCUT2D eigenvalue weighted by molar-refractivity contribution is 5.75. The largest absolute Gasteiger partial charge is 0.479 e. The van der Waals surface area contributed by atoms with Crippen LogP contribution in [0.1, 0.15) is 39.4 Å². The lowest BCUT2D eigenvalue weighted by atomic mass is 10.1. The Bertz CT molecular complexity index is 343. The van der Waals surface area contributed by atoms with Crippen LogP contribution < -0.4 is 0 Å². The van der Waals surface area contributed by atoms with Gasteiger partial charge in [0.25, 0.3) is 0 Å². The topological polar surface area (TPSA) is 80.9 Å². The van der Waals surface area contributed by atoms with E-state index >= 15 is 0 Å². The molecule has 6 heteroatoms. The van der Waals surface area contributed by atoms with Crippen LogP contribution in [0.2, 0.25) is 0 Å². The summed E-state index contributed by atoms with van der Waals surface area (Å²) in [5, 5.41) is 20.0. The van der Waals surface area contributed by atoms with Crippen LogP contribution >= 0.6 is 0 Å². The summed E-state index contributed by atoms with van der Waals surface area (Å²) >= 11 is 0. The average molecular weight is 198 g/mol. The maximum Gasteiger partial charge on any atom is 0.331 e. The van der Waals surface area contributed by atoms with Crippen molar-refractivity contribution in [2.75, 3.05) is 0 Å². The number of hydrogen-bond donors (Lipinski definition) is 1. The Morgan fingerprint density at radius 2 is 2.07 bits per heavy atom. The SMILES string of the molecule is CC(C)c1nnnn1C(C)(C)C(=O)O. The van der Waals surface area contributed by atoms with Gasteiger partial charge in [-0.25, -0.2) is 9.48 Å². The summed E-state index contributed by atoms with van der Waals surface area (Å²) in [4.78, 5) is 11.0. The van der Waals surface area contributed by atoms with Gasteiger partial charge in [0.1, 0.15) is 0 Å². The number of aliphatic carboxylic acids is 1. The molecule has 14 heavy (non-hydrogen) atoms. The Morgan fingerprint density at radius 3 is 2.50 bits per heavy atom. The third kappa shape index (κ3) is 1.59. The van der Waals surface area contributed by atoms with Crippen molar-refractivity contribution < 1.29 is 9.90 Å². The van der Waals surface area contributed by atoms with Crippen LogP contribution in [0.15, 0.2) is 0 Å². The van der Waals surface area contributed by atoms with Gasteiger partial charge in [-0.1, -0.05) is 13.8 Å². The number of carboxylic acid groups (broad SMARTS) is 1. The molecule has 0 aliphatic carbocycles. The van der Waals surface area contributed by atoms with Crippen molar-refractivity contribution in [2.45, 2.75) is 39.2 Å². The molecule has 6 nitrogen and oxygen atoms in total. The zero-order valence-corrected chi connectivity index (χ0v) is 8.72. The minimum absolute atomic E-state index is 0.101. The van der Waals surface area contributed by atoms with E-state index in [1.165, 1.54) is 4.68 Å². The van der Waals surface area contributed by atoms with Gasteiger partial charge in [-0.15, -0.1) is 5.10 Å². The molecule has 0 saturated heterocycles. The van der Waals surface area contributed by atoms with Crippen molar-refractivity contribution in [3.05, 3.63) is 5.82 Å². The zero-order valence-electron chi connectivity index (χ0n) is 8.72. The molecule has 1 rings (SSSR count). The first kappa shape index (κ1) is 10.6. The summed E-state index contributed by atoms with van der Waals surface area (Å²) in [6.45, 7) is 6.97. The molecule has 1 aromatic rings. The fourth-order valence-electron chi connectivity index (χ4n) is 1.04. The smallest absolute Gasteiger partial charge is 0.331 e. The van der Waals surface area contributed by atoms with Crippen molar-refractivity contribution in [2.24, 2.45) is 0 Å². The van der Waals surface area contributed by atoms with Crippen LogP contribution in [0.25, 0.3) is 0 Å². The van der Waals surface area contributed by atoms with Crippen molar-refractivity contribution in [3.63, 3.8) is 0 Å². The molecule has 0 fully saturated rings. The minimum atomic E-state index is -1.11. The zero-order chi connectivity index (χ0) is 10.9. The standard InChI is InChI=1S/C8H14N4O2/c1-5(2)6-9-10-11-12(6)8(3,4)7(13)14/h5H,1-4H3,(H,13,14). The first-order chi connectivity index (χ1) is 6.37. The van der Waals surface area contributed by atoms with Crippen LogP contribution in [0.4, 0.5) is 0 Å². The summed E-state index contributed by atoms with van der Waals surface area (Å²) in [6, 6.07) is 0. The highest BCUT2D eigenvalue weighted by atomic mass is 16.4. The van der Waals surface area contributed by atoms with E-state index in [9.17, 15) is 4.79 Å². The third-order valence-electron chi connectivity index (χ3n) is 2.06. The molecular weight excluding hydrogens is 184 g/mol. The third-order valence-corrected chi connectivity index (χ3v) is 2.06. The first-order valence-corrected chi connectivity index (χ1v) is 4.39. The maximum atomic E-state index is 11.0. The Balaban J connectivity index is 3.18. The molecule has 0 saturated carbocycles. The number of nitrogens with zero attached hydrogens (tertiary/aromatic N) is 4. The Hall–Kier alpha value is -1.46. The first-order valence-electron chi connectivity index (χ1n) is 4.39. The summed E-state index contributed by atoms with van der Waals surface area (Å²) in [7, 11) is 0. The predicted molar refractivity (Wildman–Crippen MR) is 48.9 cm³/mol. The predicted octanol–water partition coefficient (Wildman–Crippen LogP) is 0.616. The summed E-state index contributed by atoms with van der Waals surface area (Å²) in [6.07, 6.45) is 0. The van der Waals surface area contributed by atoms with E-state index in [1.807, 2.05) is 13.8 Å². The molecule has 0 radical (unpaired) electrons. The average Bonchev–Trinajstić information content (AvgIpc) is 2.51. The van der Waals surface area contributed by atoms with E-state index in [1.54, 1.807) is 13.8 Å². The molecule has 0 aromatic carbocycles. The molecule has 1 N–H and O–H groups in total.